The van der Waals surface area contributed by atoms with Gasteiger partial charge in [-0.3, -0.25) is 14.4 Å². The van der Waals surface area contributed by atoms with Crippen LogP contribution in [0.3, 0.4) is 0 Å². The lowest BCUT2D eigenvalue weighted by molar-refractivity contribution is 0.0942. The predicted octanol–water partition coefficient (Wildman–Crippen LogP) is 2.96. The van der Waals surface area contributed by atoms with E-state index in [1.165, 1.54) is 24.1 Å². The highest BCUT2D eigenvalue weighted by Gasteiger charge is 2.28. The summed E-state index contributed by atoms with van der Waals surface area (Å²) in [6.07, 6.45) is 3.38. The maximum atomic E-state index is 13.1. The summed E-state index contributed by atoms with van der Waals surface area (Å²) < 4.78 is 1.81. The van der Waals surface area contributed by atoms with Crippen LogP contribution in [0.1, 0.15) is 45.7 Å². The van der Waals surface area contributed by atoms with E-state index in [1.807, 2.05) is 35.0 Å². The van der Waals surface area contributed by atoms with Crippen LogP contribution >= 0.6 is 0 Å². The second kappa shape index (κ2) is 10.4. The maximum Gasteiger partial charge on any atom is 0.272 e. The molecule has 3 heterocycles. The molecule has 0 spiro atoms. The fourth-order valence-electron chi connectivity index (χ4n) is 5.05. The molecule has 2 aromatic carbocycles. The second-order valence-corrected chi connectivity index (χ2v) is 9.21. The molecule has 2 N–H and O–H groups in total. The van der Waals surface area contributed by atoms with Crippen molar-refractivity contribution < 1.29 is 9.90 Å². The number of aliphatic hydroxyl groups is 1. The zero-order chi connectivity index (χ0) is 23.3. The summed E-state index contributed by atoms with van der Waals surface area (Å²) in [5.41, 5.74) is 6.18. The first-order valence-corrected chi connectivity index (χ1v) is 12.3. The number of benzene rings is 2. The third-order valence-corrected chi connectivity index (χ3v) is 6.85. The molecule has 0 aliphatic carbocycles. The molecule has 5 rings (SSSR count). The van der Waals surface area contributed by atoms with E-state index < -0.39 is 0 Å². The zero-order valence-corrected chi connectivity index (χ0v) is 19.6. The van der Waals surface area contributed by atoms with E-state index in [1.54, 1.807) is 0 Å². The van der Waals surface area contributed by atoms with Crippen LogP contribution in [0.4, 0.5) is 5.69 Å². The number of carbonyl (C=O) groups is 1. The number of aromatic nitrogens is 2. The van der Waals surface area contributed by atoms with E-state index in [2.05, 4.69) is 44.5 Å². The minimum Gasteiger partial charge on any atom is -0.394 e. The molecule has 0 radical (unpaired) electrons. The predicted molar refractivity (Wildman–Crippen MR) is 133 cm³/mol. The lowest BCUT2D eigenvalue weighted by Crippen LogP contribution is -2.32. The average Bonchev–Trinajstić information content (AvgIpc) is 3.53. The monoisotopic (exact) mass is 459 g/mol. The summed E-state index contributed by atoms with van der Waals surface area (Å²) in [6.45, 7) is 5.62. The van der Waals surface area contributed by atoms with Crippen molar-refractivity contribution in [3.8, 4) is 0 Å². The van der Waals surface area contributed by atoms with Gasteiger partial charge in [0.1, 0.15) is 0 Å². The van der Waals surface area contributed by atoms with Crippen LogP contribution in [-0.4, -0.2) is 51.9 Å². The van der Waals surface area contributed by atoms with E-state index in [0.29, 0.717) is 25.3 Å². The minimum atomic E-state index is -0.159. The molecule has 2 aliphatic heterocycles. The average molecular weight is 460 g/mol. The van der Waals surface area contributed by atoms with E-state index in [0.717, 1.165) is 49.4 Å². The molecule has 34 heavy (non-hydrogen) atoms. The van der Waals surface area contributed by atoms with Crippen LogP contribution in [0.15, 0.2) is 54.6 Å². The van der Waals surface area contributed by atoms with Gasteiger partial charge in [0.25, 0.3) is 5.91 Å². The molecule has 1 fully saturated rings. The fraction of sp³-hybridized carbons (Fsp3) is 0.407. The van der Waals surface area contributed by atoms with Crippen molar-refractivity contribution in [2.75, 3.05) is 31.1 Å². The van der Waals surface area contributed by atoms with E-state index in [4.69, 9.17) is 0 Å². The molecule has 7 heteroatoms. The largest absolute Gasteiger partial charge is 0.394 e. The van der Waals surface area contributed by atoms with Gasteiger partial charge in [-0.05, 0) is 36.1 Å². The summed E-state index contributed by atoms with van der Waals surface area (Å²) in [7, 11) is 0. The molecular formula is C27H33N5O2. The minimum absolute atomic E-state index is 0.00623. The van der Waals surface area contributed by atoms with Crippen molar-refractivity contribution in [1.82, 2.24) is 20.0 Å². The van der Waals surface area contributed by atoms with Gasteiger partial charge in [-0.25, -0.2) is 0 Å². The van der Waals surface area contributed by atoms with Crippen LogP contribution in [0, 0.1) is 0 Å². The van der Waals surface area contributed by atoms with E-state index in [-0.39, 0.29) is 12.5 Å². The molecule has 3 aromatic rings. The lowest BCUT2D eigenvalue weighted by atomic mass is 10.0. The van der Waals surface area contributed by atoms with Crippen LogP contribution in [-0.2, 0) is 32.6 Å². The number of rotatable bonds is 8. The Balaban J connectivity index is 1.28. The van der Waals surface area contributed by atoms with Crippen molar-refractivity contribution in [1.29, 1.82) is 0 Å². The van der Waals surface area contributed by atoms with Gasteiger partial charge in [-0.15, -0.1) is 0 Å². The SMILES string of the molecule is O=C(NCc1ccccc1)c1nn(CCO)c2c1CN(Cc1ccc(N3CCCC3)cc1)CC2. The highest BCUT2D eigenvalue weighted by atomic mass is 16.3. The third-order valence-electron chi connectivity index (χ3n) is 6.85. The molecule has 2 aliphatic rings. The number of aliphatic hydroxyl groups excluding tert-OH is 1. The first-order chi connectivity index (χ1) is 16.7. The highest BCUT2D eigenvalue weighted by Crippen LogP contribution is 2.26. The molecule has 1 aromatic heterocycles. The van der Waals surface area contributed by atoms with Crippen molar-refractivity contribution in [2.45, 2.75) is 45.4 Å². The van der Waals surface area contributed by atoms with Gasteiger partial charge in [0.15, 0.2) is 5.69 Å². The zero-order valence-electron chi connectivity index (χ0n) is 19.6. The third kappa shape index (κ3) is 5.00. The van der Waals surface area contributed by atoms with E-state index in [9.17, 15) is 9.90 Å². The number of nitrogens with zero attached hydrogens (tertiary/aromatic N) is 4. The molecule has 178 valence electrons. The molecule has 7 nitrogen and oxygen atoms in total. The Morgan fingerprint density at radius 1 is 0.971 bits per heavy atom. The Labute approximate surface area is 201 Å². The van der Waals surface area contributed by atoms with Crippen LogP contribution in [0.25, 0.3) is 0 Å². The van der Waals surface area contributed by atoms with Crippen molar-refractivity contribution in [2.24, 2.45) is 0 Å². The van der Waals surface area contributed by atoms with E-state index >= 15 is 0 Å². The van der Waals surface area contributed by atoms with Gasteiger partial charge in [-0.1, -0.05) is 42.5 Å². The van der Waals surface area contributed by atoms with Crippen molar-refractivity contribution in [3.63, 3.8) is 0 Å². The molecule has 0 atom stereocenters. The topological polar surface area (TPSA) is 73.6 Å². The molecule has 1 saturated heterocycles. The summed E-state index contributed by atoms with van der Waals surface area (Å²) in [4.78, 5) is 17.9. The van der Waals surface area contributed by atoms with Crippen molar-refractivity contribution >= 4 is 11.6 Å². The normalized spacial score (nSPS) is 16.0. The number of nitrogens with one attached hydrogen (secondary N) is 1. The first kappa shape index (κ1) is 22.6. The van der Waals surface area contributed by atoms with Gasteiger partial charge in [0.2, 0.25) is 0 Å². The van der Waals surface area contributed by atoms with Crippen LogP contribution in [0.2, 0.25) is 0 Å². The van der Waals surface area contributed by atoms with Crippen LogP contribution in [0.5, 0.6) is 0 Å². The standard InChI is InChI=1S/C27H33N5O2/c33-17-16-32-25-12-15-30(19-22-8-10-23(11-9-22)31-13-4-5-14-31)20-24(25)26(29-32)27(34)28-18-21-6-2-1-3-7-21/h1-3,6-11,33H,4-5,12-20H2,(H,28,34). The molecule has 0 unspecified atom stereocenters. The number of fused-ring (bicyclic) bond motifs is 1. The number of carbonyl (C=O) groups excluding carboxylic acids is 1. The first-order valence-electron chi connectivity index (χ1n) is 12.3. The maximum absolute atomic E-state index is 13.1. The Morgan fingerprint density at radius 3 is 2.47 bits per heavy atom. The Bertz CT molecular complexity index is 1100. The molecule has 0 bridgehead atoms. The Morgan fingerprint density at radius 2 is 1.74 bits per heavy atom. The Kier molecular flexibility index (Phi) is 6.92. The second-order valence-electron chi connectivity index (χ2n) is 9.21. The fourth-order valence-corrected chi connectivity index (χ4v) is 5.05. The molecular weight excluding hydrogens is 426 g/mol. The quantitative estimate of drug-likeness (QED) is 0.542. The number of hydrogen-bond donors (Lipinski definition) is 2. The number of hydrogen-bond acceptors (Lipinski definition) is 5. The molecule has 1 amide bonds. The Hall–Kier alpha value is -3.16. The van der Waals surface area contributed by atoms with Crippen LogP contribution < -0.4 is 10.2 Å². The van der Waals surface area contributed by atoms with Gasteiger partial charge in [0.05, 0.1) is 13.2 Å². The number of amides is 1. The molecule has 0 saturated carbocycles. The highest BCUT2D eigenvalue weighted by molar-refractivity contribution is 5.94. The van der Waals surface area contributed by atoms with Gasteiger partial charge < -0.3 is 15.3 Å². The number of anilines is 1. The summed E-state index contributed by atoms with van der Waals surface area (Å²) in [5.74, 6) is -0.159. The van der Waals surface area contributed by atoms with Crippen molar-refractivity contribution in [3.05, 3.63) is 82.7 Å². The summed E-state index contributed by atoms with van der Waals surface area (Å²) >= 11 is 0. The van der Waals surface area contributed by atoms with Gasteiger partial charge in [0, 0.05) is 62.6 Å². The van der Waals surface area contributed by atoms with Gasteiger partial charge >= 0.3 is 0 Å². The smallest absolute Gasteiger partial charge is 0.272 e. The van der Waals surface area contributed by atoms with Gasteiger partial charge in [-0.2, -0.15) is 5.10 Å². The summed E-state index contributed by atoms with van der Waals surface area (Å²) in [6, 6.07) is 18.8. The summed E-state index contributed by atoms with van der Waals surface area (Å²) in [5, 5.41) is 17.1. The lowest BCUT2D eigenvalue weighted by Gasteiger charge is -2.28.